The van der Waals surface area contributed by atoms with Crippen molar-refractivity contribution in [3.8, 4) is 5.69 Å². The van der Waals surface area contributed by atoms with Gasteiger partial charge in [-0.3, -0.25) is 4.98 Å². The molecular weight excluding hydrogens is 314 g/mol. The summed E-state index contributed by atoms with van der Waals surface area (Å²) in [5.41, 5.74) is 4.49. The predicted molar refractivity (Wildman–Crippen MR) is 98.6 cm³/mol. The van der Waals surface area contributed by atoms with Gasteiger partial charge < -0.3 is 4.57 Å². The van der Waals surface area contributed by atoms with Gasteiger partial charge in [0.15, 0.2) is 5.65 Å². The third kappa shape index (κ3) is 2.45. The minimum absolute atomic E-state index is 0.222. The Hall–Kier alpha value is -2.89. The van der Waals surface area contributed by atoms with E-state index in [4.69, 9.17) is 0 Å². The second kappa shape index (κ2) is 5.58. The monoisotopic (exact) mass is 335 g/mol. The summed E-state index contributed by atoms with van der Waals surface area (Å²) in [7, 11) is 0. The molecule has 4 aromatic rings. The summed E-state index contributed by atoms with van der Waals surface area (Å²) < 4.78 is 3.67. The number of nitrogens with zero attached hydrogens (tertiary/aromatic N) is 4. The smallest absolute Gasteiger partial charge is 0.313 e. The number of pyridine rings is 2. The zero-order valence-electron chi connectivity index (χ0n) is 14.8. The highest BCUT2D eigenvalue weighted by Gasteiger charge is 2.15. The molecule has 0 aliphatic carbocycles. The lowest BCUT2D eigenvalue weighted by molar-refractivity contribution is 0.825. The molecule has 6 heteroatoms. The average Bonchev–Trinajstić information content (AvgIpc) is 3.17. The molecule has 0 amide bonds. The number of aromatic nitrogens is 5. The third-order valence-electron chi connectivity index (χ3n) is 4.63. The molecule has 0 saturated carbocycles. The second-order valence-corrected chi connectivity index (χ2v) is 7.04. The molecule has 6 nitrogen and oxygen atoms in total. The molecule has 0 aliphatic heterocycles. The Morgan fingerprint density at radius 2 is 1.92 bits per heavy atom. The minimum atomic E-state index is -0.222. The minimum Gasteiger partial charge on any atom is -0.313 e. The normalized spacial score (nSPS) is 12.1. The molecule has 1 N–H and O–H groups in total. The molecule has 0 bridgehead atoms. The van der Waals surface area contributed by atoms with Gasteiger partial charge >= 0.3 is 5.69 Å². The van der Waals surface area contributed by atoms with Crippen LogP contribution in [0.4, 0.5) is 0 Å². The first-order valence-electron chi connectivity index (χ1n) is 8.53. The largest absolute Gasteiger partial charge is 0.347 e. The lowest BCUT2D eigenvalue weighted by Crippen LogP contribution is -2.11. The van der Waals surface area contributed by atoms with Crippen molar-refractivity contribution < 1.29 is 0 Å². The van der Waals surface area contributed by atoms with E-state index in [2.05, 4.69) is 59.6 Å². The molecule has 0 aliphatic rings. The maximum absolute atomic E-state index is 12.1. The Kier molecular flexibility index (Phi) is 3.49. The molecule has 4 rings (SSSR count). The van der Waals surface area contributed by atoms with Crippen LogP contribution in [-0.4, -0.2) is 24.1 Å². The van der Waals surface area contributed by atoms with E-state index in [0.717, 1.165) is 27.8 Å². The molecule has 0 fully saturated rings. The second-order valence-electron chi connectivity index (χ2n) is 7.04. The van der Waals surface area contributed by atoms with Gasteiger partial charge in [0.05, 0.1) is 11.2 Å². The van der Waals surface area contributed by atoms with Crippen molar-refractivity contribution in [3.63, 3.8) is 0 Å². The third-order valence-corrected chi connectivity index (χ3v) is 4.63. The van der Waals surface area contributed by atoms with Crippen LogP contribution in [0, 0.1) is 0 Å². The summed E-state index contributed by atoms with van der Waals surface area (Å²) in [6.45, 7) is 8.49. The van der Waals surface area contributed by atoms with Gasteiger partial charge in [-0.05, 0) is 35.6 Å². The van der Waals surface area contributed by atoms with Gasteiger partial charge in [-0.15, -0.1) is 0 Å². The van der Waals surface area contributed by atoms with E-state index >= 15 is 0 Å². The van der Waals surface area contributed by atoms with Crippen LogP contribution in [0.5, 0.6) is 0 Å². The van der Waals surface area contributed by atoms with Crippen molar-refractivity contribution in [1.29, 1.82) is 0 Å². The Morgan fingerprint density at radius 3 is 2.64 bits per heavy atom. The number of rotatable bonds is 3. The lowest BCUT2D eigenvalue weighted by Gasteiger charge is -2.12. The number of hydrogen-bond donors (Lipinski definition) is 1. The molecular formula is C19H21N5O. The van der Waals surface area contributed by atoms with Crippen LogP contribution in [-0.2, 0) is 0 Å². The Labute approximate surface area is 145 Å². The fourth-order valence-corrected chi connectivity index (χ4v) is 3.08. The summed E-state index contributed by atoms with van der Waals surface area (Å²) in [5.74, 6) is 0.655. The fourth-order valence-electron chi connectivity index (χ4n) is 3.08. The van der Waals surface area contributed by atoms with Crippen LogP contribution in [0.2, 0.25) is 0 Å². The van der Waals surface area contributed by atoms with Crippen molar-refractivity contribution in [3.05, 3.63) is 58.5 Å². The zero-order valence-corrected chi connectivity index (χ0v) is 14.8. The van der Waals surface area contributed by atoms with E-state index in [9.17, 15) is 4.79 Å². The van der Waals surface area contributed by atoms with Crippen molar-refractivity contribution in [2.24, 2.45) is 0 Å². The number of H-pyrrole nitrogens is 1. The van der Waals surface area contributed by atoms with Crippen LogP contribution in [0.3, 0.4) is 0 Å². The summed E-state index contributed by atoms with van der Waals surface area (Å²) in [5, 5.41) is 7.85. The van der Waals surface area contributed by atoms with Gasteiger partial charge in [0.1, 0.15) is 0 Å². The van der Waals surface area contributed by atoms with Gasteiger partial charge in [-0.2, -0.15) is 5.10 Å². The molecule has 128 valence electrons. The Bertz CT molecular complexity index is 1130. The highest BCUT2D eigenvalue weighted by Crippen LogP contribution is 2.27. The molecule has 0 saturated heterocycles. The van der Waals surface area contributed by atoms with Crippen LogP contribution in [0.25, 0.3) is 22.2 Å². The molecule has 0 aromatic carbocycles. The van der Waals surface area contributed by atoms with E-state index in [-0.39, 0.29) is 5.69 Å². The summed E-state index contributed by atoms with van der Waals surface area (Å²) >= 11 is 0. The predicted octanol–water partition coefficient (Wildman–Crippen LogP) is 3.61. The van der Waals surface area contributed by atoms with E-state index in [1.807, 2.05) is 24.7 Å². The number of fused-ring (bicyclic) bond motifs is 2. The maximum atomic E-state index is 12.1. The van der Waals surface area contributed by atoms with Gasteiger partial charge in [0, 0.05) is 29.7 Å². The molecule has 0 unspecified atom stereocenters. The molecule has 0 atom stereocenters. The summed E-state index contributed by atoms with van der Waals surface area (Å²) in [6, 6.07) is 6.26. The van der Waals surface area contributed by atoms with E-state index in [1.165, 1.54) is 0 Å². The first kappa shape index (κ1) is 15.6. The van der Waals surface area contributed by atoms with Gasteiger partial charge in [-0.25, -0.2) is 14.3 Å². The van der Waals surface area contributed by atoms with Crippen molar-refractivity contribution in [2.75, 3.05) is 0 Å². The Balaban J connectivity index is 2.06. The molecule has 0 radical (unpaired) electrons. The van der Waals surface area contributed by atoms with Crippen molar-refractivity contribution in [1.82, 2.24) is 24.1 Å². The molecule has 0 spiro atoms. The van der Waals surface area contributed by atoms with Gasteiger partial charge in [0.25, 0.3) is 0 Å². The van der Waals surface area contributed by atoms with E-state index in [1.54, 1.807) is 4.40 Å². The highest BCUT2D eigenvalue weighted by atomic mass is 16.1. The SMILES string of the molecule is CC(C)c1cc(-n2ccc3cnc(C(C)C)cc32)c2n[nH]c(=O)n2c1. The maximum Gasteiger partial charge on any atom is 0.347 e. The van der Waals surface area contributed by atoms with Crippen LogP contribution in [0.15, 0.2) is 41.6 Å². The van der Waals surface area contributed by atoms with Crippen LogP contribution in [0.1, 0.15) is 50.8 Å². The summed E-state index contributed by atoms with van der Waals surface area (Å²) in [4.78, 5) is 16.6. The first-order valence-corrected chi connectivity index (χ1v) is 8.53. The molecule has 4 aromatic heterocycles. The number of nitrogens with one attached hydrogen (secondary N) is 1. The molecule has 4 heterocycles. The Morgan fingerprint density at radius 1 is 1.12 bits per heavy atom. The number of aromatic amines is 1. The topological polar surface area (TPSA) is 68.0 Å². The number of hydrogen-bond acceptors (Lipinski definition) is 3. The van der Waals surface area contributed by atoms with Gasteiger partial charge in [-0.1, -0.05) is 27.7 Å². The van der Waals surface area contributed by atoms with Crippen LogP contribution < -0.4 is 5.69 Å². The molecule has 25 heavy (non-hydrogen) atoms. The van der Waals surface area contributed by atoms with E-state index < -0.39 is 0 Å². The highest BCUT2D eigenvalue weighted by molar-refractivity contribution is 5.83. The van der Waals surface area contributed by atoms with E-state index in [0.29, 0.717) is 17.5 Å². The quantitative estimate of drug-likeness (QED) is 0.622. The zero-order chi connectivity index (χ0) is 17.7. The van der Waals surface area contributed by atoms with Crippen LogP contribution >= 0.6 is 0 Å². The summed E-state index contributed by atoms with van der Waals surface area (Å²) in [6.07, 6.45) is 5.78. The standard InChI is InChI=1S/C19H21N5O/c1-11(2)14-7-17(18-21-22-19(25)24(18)10-14)23-6-5-13-9-20-15(12(3)4)8-16(13)23/h5-12H,1-4H3,(H,22,25). The fraction of sp³-hybridized carbons (Fsp3) is 0.316. The average molecular weight is 335 g/mol. The first-order chi connectivity index (χ1) is 12.0. The van der Waals surface area contributed by atoms with Gasteiger partial charge in [0.2, 0.25) is 0 Å². The van der Waals surface area contributed by atoms with Crippen molar-refractivity contribution in [2.45, 2.75) is 39.5 Å². The van der Waals surface area contributed by atoms with Crippen molar-refractivity contribution >= 4 is 16.6 Å². The lowest BCUT2D eigenvalue weighted by atomic mass is 10.1.